The zero-order valence-electron chi connectivity index (χ0n) is 9.18. The van der Waals surface area contributed by atoms with Gasteiger partial charge in [0.25, 0.3) is 0 Å². The first kappa shape index (κ1) is 10.2. The van der Waals surface area contributed by atoms with Crippen LogP contribution in [-0.4, -0.2) is 19.7 Å². The predicted molar refractivity (Wildman–Crippen MR) is 61.1 cm³/mol. The molecule has 0 amide bonds. The molecule has 4 nitrogen and oxygen atoms in total. The quantitative estimate of drug-likeness (QED) is 0.695. The Morgan fingerprint density at radius 1 is 1.29 bits per heavy atom. The van der Waals surface area contributed by atoms with Crippen LogP contribution in [0, 0.1) is 12.7 Å². The molecule has 0 saturated heterocycles. The smallest absolute Gasteiger partial charge is 0.163 e. The SMILES string of the molecule is Cc1cc2nnc(CO)n2c2cc(F)ccc12. The lowest BCUT2D eigenvalue weighted by molar-refractivity contribution is 0.270. The molecular formula is C12H10FN3O. The number of pyridine rings is 1. The van der Waals surface area contributed by atoms with Crippen molar-refractivity contribution in [2.45, 2.75) is 13.5 Å². The number of fused-ring (bicyclic) bond motifs is 3. The molecule has 1 aromatic carbocycles. The second-order valence-electron chi connectivity index (χ2n) is 3.96. The molecule has 0 bridgehead atoms. The summed E-state index contributed by atoms with van der Waals surface area (Å²) >= 11 is 0. The molecular weight excluding hydrogens is 221 g/mol. The Bertz CT molecular complexity index is 720. The van der Waals surface area contributed by atoms with Gasteiger partial charge >= 0.3 is 0 Å². The monoisotopic (exact) mass is 231 g/mol. The highest BCUT2D eigenvalue weighted by Crippen LogP contribution is 2.22. The molecule has 0 saturated carbocycles. The maximum absolute atomic E-state index is 13.3. The molecule has 0 spiro atoms. The third kappa shape index (κ3) is 1.39. The number of aliphatic hydroxyl groups is 1. The van der Waals surface area contributed by atoms with E-state index in [4.69, 9.17) is 0 Å². The van der Waals surface area contributed by atoms with Gasteiger partial charge in [0.15, 0.2) is 11.5 Å². The number of hydrogen-bond acceptors (Lipinski definition) is 3. The first-order valence-electron chi connectivity index (χ1n) is 5.24. The van der Waals surface area contributed by atoms with Crippen molar-refractivity contribution in [2.75, 3.05) is 0 Å². The lowest BCUT2D eigenvalue weighted by Crippen LogP contribution is -1.97. The van der Waals surface area contributed by atoms with Crippen LogP contribution in [0.15, 0.2) is 24.3 Å². The van der Waals surface area contributed by atoms with Gasteiger partial charge in [-0.25, -0.2) is 4.39 Å². The number of rotatable bonds is 1. The predicted octanol–water partition coefficient (Wildman–Crippen LogP) is 1.82. The van der Waals surface area contributed by atoms with Crippen molar-refractivity contribution in [2.24, 2.45) is 0 Å². The second-order valence-corrected chi connectivity index (χ2v) is 3.96. The van der Waals surface area contributed by atoms with Crippen LogP contribution < -0.4 is 0 Å². The molecule has 3 rings (SSSR count). The Balaban J connectivity index is 2.58. The minimum Gasteiger partial charge on any atom is -0.388 e. The van der Waals surface area contributed by atoms with Gasteiger partial charge in [0, 0.05) is 5.39 Å². The van der Waals surface area contributed by atoms with Crippen LogP contribution in [0.4, 0.5) is 4.39 Å². The fourth-order valence-electron chi connectivity index (χ4n) is 2.08. The highest BCUT2D eigenvalue weighted by atomic mass is 19.1. The Labute approximate surface area is 96.3 Å². The average Bonchev–Trinajstić information content (AvgIpc) is 2.71. The Morgan fingerprint density at radius 2 is 2.12 bits per heavy atom. The summed E-state index contributed by atoms with van der Waals surface area (Å²) in [7, 11) is 0. The molecule has 0 atom stereocenters. The largest absolute Gasteiger partial charge is 0.388 e. The number of aryl methyl sites for hydroxylation is 1. The summed E-state index contributed by atoms with van der Waals surface area (Å²) in [6.07, 6.45) is 0. The fraction of sp³-hybridized carbons (Fsp3) is 0.167. The molecule has 0 aliphatic heterocycles. The van der Waals surface area contributed by atoms with Crippen molar-refractivity contribution in [3.8, 4) is 0 Å². The molecule has 17 heavy (non-hydrogen) atoms. The van der Waals surface area contributed by atoms with Gasteiger partial charge in [0.05, 0.1) is 5.52 Å². The van der Waals surface area contributed by atoms with Crippen molar-refractivity contribution in [3.63, 3.8) is 0 Å². The summed E-state index contributed by atoms with van der Waals surface area (Å²) in [5.74, 6) is 0.0950. The van der Waals surface area contributed by atoms with Crippen LogP contribution in [0.25, 0.3) is 16.6 Å². The summed E-state index contributed by atoms with van der Waals surface area (Å²) in [5.41, 5.74) is 2.29. The molecule has 1 N–H and O–H groups in total. The molecule has 3 aromatic rings. The normalized spacial score (nSPS) is 11.5. The van der Waals surface area contributed by atoms with E-state index in [0.29, 0.717) is 17.0 Å². The summed E-state index contributed by atoms with van der Waals surface area (Å²) in [5, 5.41) is 18.0. The number of nitrogens with zero attached hydrogens (tertiary/aromatic N) is 3. The molecule has 0 radical (unpaired) electrons. The van der Waals surface area contributed by atoms with Gasteiger partial charge in [-0.1, -0.05) is 0 Å². The van der Waals surface area contributed by atoms with Crippen molar-refractivity contribution < 1.29 is 9.50 Å². The Hall–Kier alpha value is -2.01. The van der Waals surface area contributed by atoms with Crippen LogP contribution in [0.1, 0.15) is 11.4 Å². The summed E-state index contributed by atoms with van der Waals surface area (Å²) in [6.45, 7) is 1.71. The van der Waals surface area contributed by atoms with Crippen LogP contribution in [0.5, 0.6) is 0 Å². The van der Waals surface area contributed by atoms with E-state index in [9.17, 15) is 9.50 Å². The van der Waals surface area contributed by atoms with E-state index in [0.717, 1.165) is 10.9 Å². The first-order valence-corrected chi connectivity index (χ1v) is 5.24. The van der Waals surface area contributed by atoms with E-state index in [-0.39, 0.29) is 12.4 Å². The zero-order chi connectivity index (χ0) is 12.0. The van der Waals surface area contributed by atoms with Crippen LogP contribution >= 0.6 is 0 Å². The molecule has 2 heterocycles. The number of aromatic nitrogens is 3. The Morgan fingerprint density at radius 3 is 2.88 bits per heavy atom. The minimum atomic E-state index is -0.318. The van der Waals surface area contributed by atoms with E-state index < -0.39 is 0 Å². The van der Waals surface area contributed by atoms with Crippen molar-refractivity contribution in [1.82, 2.24) is 14.6 Å². The molecule has 0 unspecified atom stereocenters. The summed E-state index contributed by atoms with van der Waals surface area (Å²) in [4.78, 5) is 0. The number of halogens is 1. The van der Waals surface area contributed by atoms with Crippen LogP contribution in [0.2, 0.25) is 0 Å². The van der Waals surface area contributed by atoms with Crippen LogP contribution in [0.3, 0.4) is 0 Å². The second kappa shape index (κ2) is 3.49. The first-order chi connectivity index (χ1) is 8.20. The zero-order valence-corrected chi connectivity index (χ0v) is 9.18. The molecule has 2 aromatic heterocycles. The summed E-state index contributed by atoms with van der Waals surface area (Å²) < 4.78 is 15.0. The third-order valence-electron chi connectivity index (χ3n) is 2.87. The van der Waals surface area contributed by atoms with Gasteiger partial charge in [-0.15, -0.1) is 10.2 Å². The third-order valence-corrected chi connectivity index (χ3v) is 2.87. The van der Waals surface area contributed by atoms with E-state index >= 15 is 0 Å². The molecule has 86 valence electrons. The van der Waals surface area contributed by atoms with Crippen molar-refractivity contribution in [1.29, 1.82) is 0 Å². The minimum absolute atomic E-state index is 0.226. The molecule has 0 aliphatic rings. The van der Waals surface area contributed by atoms with Gasteiger partial charge in [0.2, 0.25) is 0 Å². The summed E-state index contributed by atoms with van der Waals surface area (Å²) in [6, 6.07) is 6.44. The van der Waals surface area contributed by atoms with E-state index in [1.54, 1.807) is 10.5 Å². The van der Waals surface area contributed by atoms with Gasteiger partial charge in [-0.3, -0.25) is 4.40 Å². The van der Waals surface area contributed by atoms with Crippen molar-refractivity contribution in [3.05, 3.63) is 41.5 Å². The van der Waals surface area contributed by atoms with Gasteiger partial charge in [-0.05, 0) is 36.8 Å². The van der Waals surface area contributed by atoms with Gasteiger partial charge < -0.3 is 5.11 Å². The molecule has 0 aliphatic carbocycles. The number of benzene rings is 1. The van der Waals surface area contributed by atoms with Crippen molar-refractivity contribution >= 4 is 16.6 Å². The van der Waals surface area contributed by atoms with Crippen LogP contribution in [-0.2, 0) is 6.61 Å². The maximum atomic E-state index is 13.3. The standard InChI is InChI=1S/C12H10FN3O/c1-7-4-11-14-15-12(6-17)16(11)10-5-8(13)2-3-9(7)10/h2-5,17H,6H2,1H3. The Kier molecular flexibility index (Phi) is 2.09. The topological polar surface area (TPSA) is 50.4 Å². The lowest BCUT2D eigenvalue weighted by atomic mass is 10.1. The molecule has 5 heteroatoms. The highest BCUT2D eigenvalue weighted by molar-refractivity contribution is 5.85. The highest BCUT2D eigenvalue weighted by Gasteiger charge is 2.10. The number of aliphatic hydroxyl groups excluding tert-OH is 1. The van der Waals surface area contributed by atoms with Gasteiger partial charge in [0.1, 0.15) is 12.4 Å². The average molecular weight is 231 g/mol. The van der Waals surface area contributed by atoms with Gasteiger partial charge in [-0.2, -0.15) is 0 Å². The molecule has 0 fully saturated rings. The number of hydrogen-bond donors (Lipinski definition) is 1. The maximum Gasteiger partial charge on any atom is 0.163 e. The fourth-order valence-corrected chi connectivity index (χ4v) is 2.08. The van der Waals surface area contributed by atoms with E-state index in [1.807, 2.05) is 13.0 Å². The van der Waals surface area contributed by atoms with E-state index in [2.05, 4.69) is 10.2 Å². The van der Waals surface area contributed by atoms with E-state index in [1.165, 1.54) is 12.1 Å². The lowest BCUT2D eigenvalue weighted by Gasteiger charge is -2.06.